The second-order valence-corrected chi connectivity index (χ2v) is 8.59. The van der Waals surface area contributed by atoms with Crippen LogP contribution in [0.15, 0.2) is 24.3 Å². The maximum absolute atomic E-state index is 11.7. The summed E-state index contributed by atoms with van der Waals surface area (Å²) in [5, 5.41) is 2.75. The number of hydrogen-bond acceptors (Lipinski definition) is 7. The Morgan fingerprint density at radius 1 is 1.20 bits per heavy atom. The van der Waals surface area contributed by atoms with Crippen molar-refractivity contribution >= 4 is 11.9 Å². The number of likely N-dealkylation sites (N-methyl/N-ethyl adjacent to an activating group) is 1. The molecule has 1 aromatic carbocycles. The van der Waals surface area contributed by atoms with Gasteiger partial charge in [-0.1, -0.05) is 12.1 Å². The third-order valence-corrected chi connectivity index (χ3v) is 6.67. The molecule has 0 radical (unpaired) electrons. The number of esters is 2. The lowest BCUT2D eigenvalue weighted by Gasteiger charge is -2.56. The Balaban J connectivity index is 0.000000687. The molecular weight excluding hydrogens is 384 g/mol. The van der Waals surface area contributed by atoms with E-state index >= 15 is 0 Å². The molecule has 0 saturated carbocycles. The van der Waals surface area contributed by atoms with Crippen LogP contribution in [-0.2, 0) is 26.2 Å². The molecule has 2 heterocycles. The second-order valence-electron chi connectivity index (χ2n) is 8.59. The van der Waals surface area contributed by atoms with Gasteiger partial charge >= 0.3 is 11.9 Å². The van der Waals surface area contributed by atoms with E-state index in [2.05, 4.69) is 29.4 Å². The molecular formula is C23H30N2O5. The predicted molar refractivity (Wildman–Crippen MR) is 112 cm³/mol. The molecule has 2 bridgehead atoms. The lowest BCUT2D eigenvalue weighted by Crippen LogP contribution is -2.65. The van der Waals surface area contributed by atoms with Crippen molar-refractivity contribution in [2.75, 3.05) is 27.7 Å². The molecule has 1 spiro atoms. The summed E-state index contributed by atoms with van der Waals surface area (Å²) in [6, 6.07) is 4.28. The van der Waals surface area contributed by atoms with Gasteiger partial charge in [-0.2, -0.15) is 0 Å². The highest BCUT2D eigenvalue weighted by atomic mass is 16.6. The van der Waals surface area contributed by atoms with Crippen LogP contribution in [0.4, 0.5) is 0 Å². The first-order valence-corrected chi connectivity index (χ1v) is 10.5. The molecule has 30 heavy (non-hydrogen) atoms. The van der Waals surface area contributed by atoms with E-state index < -0.39 is 6.10 Å². The number of carbonyl (C=O) groups is 2. The number of benzene rings is 1. The highest BCUT2D eigenvalue weighted by molar-refractivity contribution is 5.73. The van der Waals surface area contributed by atoms with Gasteiger partial charge in [0.2, 0.25) is 0 Å². The van der Waals surface area contributed by atoms with E-state index in [-0.39, 0.29) is 29.4 Å². The molecule has 1 saturated heterocycles. The summed E-state index contributed by atoms with van der Waals surface area (Å²) in [4.78, 5) is 25.7. The average Bonchev–Trinajstić information content (AvgIpc) is 3.02. The number of rotatable bonds is 2. The first kappa shape index (κ1) is 20.9. The fourth-order valence-electron chi connectivity index (χ4n) is 5.74. The first-order valence-electron chi connectivity index (χ1n) is 10.5. The Bertz CT molecular complexity index is 898. The van der Waals surface area contributed by atoms with Crippen molar-refractivity contribution in [1.29, 1.82) is 0 Å². The molecule has 5 atom stereocenters. The molecule has 5 rings (SSSR count). The normalized spacial score (nSPS) is 32.3. The summed E-state index contributed by atoms with van der Waals surface area (Å²) in [7, 11) is 5.92. The third-order valence-electron chi connectivity index (χ3n) is 6.67. The molecule has 7 heteroatoms. The van der Waals surface area contributed by atoms with Crippen molar-refractivity contribution in [3.8, 4) is 11.5 Å². The largest absolute Gasteiger partial charge is 0.481 e. The van der Waals surface area contributed by atoms with Gasteiger partial charge in [0.1, 0.15) is 6.10 Å². The standard InChI is InChI=1S/C21H23NO5.C2H7N/c1-11(23)25-16-6-4-13-10-15-14-5-7-17(26-12(2)24)20-21(14,8-9-22(15)3)18(13)19(16)27-20;1-3-2/h4-7,14-15,17,20H,8-10H2,1-3H3;3H,1-2H3/t14-,15+,17-,20-,21-;/m0./s1. The van der Waals surface area contributed by atoms with E-state index in [4.69, 9.17) is 14.2 Å². The summed E-state index contributed by atoms with van der Waals surface area (Å²) in [6.07, 6.45) is 5.31. The topological polar surface area (TPSA) is 77.1 Å². The van der Waals surface area contributed by atoms with Crippen LogP contribution < -0.4 is 14.8 Å². The number of carbonyl (C=O) groups excluding carboxylic acids is 2. The molecule has 2 aliphatic heterocycles. The zero-order valence-electron chi connectivity index (χ0n) is 18.2. The number of piperidine rings is 1. The zero-order chi connectivity index (χ0) is 21.6. The lowest BCUT2D eigenvalue weighted by molar-refractivity contribution is -0.152. The van der Waals surface area contributed by atoms with Crippen LogP contribution in [0.5, 0.6) is 11.5 Å². The van der Waals surface area contributed by atoms with Crippen molar-refractivity contribution in [3.05, 3.63) is 35.4 Å². The summed E-state index contributed by atoms with van der Waals surface area (Å²) in [5.74, 6) is 0.712. The van der Waals surface area contributed by atoms with Crippen molar-refractivity contribution in [1.82, 2.24) is 10.2 Å². The van der Waals surface area contributed by atoms with Crippen molar-refractivity contribution in [2.24, 2.45) is 5.92 Å². The van der Waals surface area contributed by atoms with Gasteiger partial charge in [0.15, 0.2) is 17.6 Å². The van der Waals surface area contributed by atoms with E-state index in [9.17, 15) is 9.59 Å². The highest BCUT2D eigenvalue weighted by Gasteiger charge is 2.65. The number of likely N-dealkylation sites (tertiary alicyclic amines) is 1. The van der Waals surface area contributed by atoms with Gasteiger partial charge in [-0.25, -0.2) is 0 Å². The molecule has 4 aliphatic rings. The number of nitrogens with one attached hydrogen (secondary N) is 1. The van der Waals surface area contributed by atoms with E-state index in [1.807, 2.05) is 26.2 Å². The summed E-state index contributed by atoms with van der Waals surface area (Å²) < 4.78 is 17.5. The Labute approximate surface area is 177 Å². The van der Waals surface area contributed by atoms with Crippen molar-refractivity contribution in [2.45, 2.75) is 50.4 Å². The molecule has 0 aromatic heterocycles. The maximum atomic E-state index is 11.7. The minimum Gasteiger partial charge on any atom is -0.481 e. The first-order chi connectivity index (χ1) is 14.3. The quantitative estimate of drug-likeness (QED) is 0.449. The van der Waals surface area contributed by atoms with Crippen molar-refractivity contribution in [3.63, 3.8) is 0 Å². The highest BCUT2D eigenvalue weighted by Crippen LogP contribution is 2.62. The fraction of sp³-hybridized carbons (Fsp3) is 0.565. The molecule has 1 fully saturated rings. The Morgan fingerprint density at radius 2 is 1.93 bits per heavy atom. The zero-order valence-corrected chi connectivity index (χ0v) is 18.2. The minimum absolute atomic E-state index is 0.245. The van der Waals surface area contributed by atoms with Gasteiger partial charge in [-0.15, -0.1) is 0 Å². The molecule has 2 aliphatic carbocycles. The van der Waals surface area contributed by atoms with Crippen LogP contribution in [0.1, 0.15) is 31.4 Å². The summed E-state index contributed by atoms with van der Waals surface area (Å²) in [6.45, 7) is 3.77. The van der Waals surface area contributed by atoms with Crippen LogP contribution >= 0.6 is 0 Å². The van der Waals surface area contributed by atoms with Gasteiger partial charge in [0.25, 0.3) is 0 Å². The molecule has 1 N–H and O–H groups in total. The van der Waals surface area contributed by atoms with E-state index in [1.165, 1.54) is 19.4 Å². The van der Waals surface area contributed by atoms with Crippen LogP contribution in [0, 0.1) is 5.92 Å². The van der Waals surface area contributed by atoms with Crippen molar-refractivity contribution < 1.29 is 23.8 Å². The van der Waals surface area contributed by atoms with Crippen LogP contribution in [0.2, 0.25) is 0 Å². The summed E-state index contributed by atoms with van der Waals surface area (Å²) >= 11 is 0. The van der Waals surface area contributed by atoms with Crippen LogP contribution in [-0.4, -0.2) is 62.8 Å². The predicted octanol–water partition coefficient (Wildman–Crippen LogP) is 1.82. The van der Waals surface area contributed by atoms with Crippen LogP contribution in [0.25, 0.3) is 0 Å². The monoisotopic (exact) mass is 414 g/mol. The van der Waals surface area contributed by atoms with Gasteiger partial charge in [-0.05, 0) is 58.2 Å². The Hall–Kier alpha value is -2.38. The maximum Gasteiger partial charge on any atom is 0.308 e. The van der Waals surface area contributed by atoms with Gasteiger partial charge < -0.3 is 24.4 Å². The third kappa shape index (κ3) is 3.03. The van der Waals surface area contributed by atoms with Crippen LogP contribution in [0.3, 0.4) is 0 Å². The molecule has 162 valence electrons. The SMILES string of the molecule is CC(=O)Oc1ccc2c3c1O[C@H]1[C@@H](OC(C)=O)C=C[C@H]4[C@@H](C2)N(C)CC[C@@]341.CNC. The average molecular weight is 415 g/mol. The van der Waals surface area contributed by atoms with Gasteiger partial charge in [0.05, 0.1) is 0 Å². The van der Waals surface area contributed by atoms with Gasteiger partial charge in [0, 0.05) is 36.8 Å². The molecule has 0 unspecified atom stereocenters. The number of hydrogen-bond donors (Lipinski definition) is 1. The molecule has 0 amide bonds. The lowest BCUT2D eigenvalue weighted by atomic mass is 9.53. The number of ether oxygens (including phenoxy) is 3. The summed E-state index contributed by atoms with van der Waals surface area (Å²) in [5.41, 5.74) is 2.15. The van der Waals surface area contributed by atoms with E-state index in [0.29, 0.717) is 17.5 Å². The van der Waals surface area contributed by atoms with E-state index in [1.54, 1.807) is 0 Å². The Kier molecular flexibility index (Phi) is 5.36. The minimum atomic E-state index is -0.439. The second kappa shape index (κ2) is 7.71. The molecule has 1 aromatic rings. The van der Waals surface area contributed by atoms with E-state index in [0.717, 1.165) is 24.9 Å². The van der Waals surface area contributed by atoms with Gasteiger partial charge in [-0.3, -0.25) is 9.59 Å². The Morgan fingerprint density at radius 3 is 2.60 bits per heavy atom. The fourth-order valence-corrected chi connectivity index (χ4v) is 5.74. The smallest absolute Gasteiger partial charge is 0.308 e. The molecule has 7 nitrogen and oxygen atoms in total. The number of nitrogens with zero attached hydrogens (tertiary/aromatic N) is 1.